The highest BCUT2D eigenvalue weighted by Gasteiger charge is 2.36. The molecular weight excluding hydrogens is 314 g/mol. The number of rotatable bonds is 8. The molecule has 1 aromatic rings. The molecule has 1 aliphatic rings. The minimum atomic E-state index is -0.210. The Bertz CT molecular complexity index is 572. The van der Waals surface area contributed by atoms with Gasteiger partial charge in [0.2, 0.25) is 11.8 Å². The van der Waals surface area contributed by atoms with Crippen molar-refractivity contribution in [1.82, 2.24) is 14.7 Å². The maximum atomic E-state index is 13.0. The van der Waals surface area contributed by atoms with Crippen molar-refractivity contribution in [3.63, 3.8) is 0 Å². The van der Waals surface area contributed by atoms with Crippen molar-refractivity contribution in [2.45, 2.75) is 39.3 Å². The molecule has 1 aromatic carbocycles. The number of carbonyl (C=O) groups excluding carboxylic acids is 2. The Hall–Kier alpha value is -1.88. The van der Waals surface area contributed by atoms with Gasteiger partial charge in [0.1, 0.15) is 0 Å². The number of carbonyl (C=O) groups is 2. The molecule has 1 heterocycles. The average Bonchev–Trinajstić information content (AvgIpc) is 2.93. The summed E-state index contributed by atoms with van der Waals surface area (Å²) in [6, 6.07) is 10.2. The molecule has 5 nitrogen and oxygen atoms in total. The summed E-state index contributed by atoms with van der Waals surface area (Å²) in [6.45, 7) is 6.92. The Morgan fingerprint density at radius 2 is 1.92 bits per heavy atom. The Labute approximate surface area is 151 Å². The van der Waals surface area contributed by atoms with Crippen LogP contribution in [0.2, 0.25) is 0 Å². The van der Waals surface area contributed by atoms with E-state index in [9.17, 15) is 9.59 Å². The van der Waals surface area contributed by atoms with Gasteiger partial charge < -0.3 is 14.7 Å². The zero-order valence-electron chi connectivity index (χ0n) is 15.9. The summed E-state index contributed by atoms with van der Waals surface area (Å²) in [5.74, 6) is 0.000745. The smallest absolute Gasteiger partial charge is 0.228 e. The lowest BCUT2D eigenvalue weighted by Gasteiger charge is -2.29. The Kier molecular flexibility index (Phi) is 7.00. The molecule has 0 bridgehead atoms. The van der Waals surface area contributed by atoms with Crippen LogP contribution in [0, 0.1) is 5.92 Å². The highest BCUT2D eigenvalue weighted by molar-refractivity contribution is 5.89. The maximum absolute atomic E-state index is 13.0. The first kappa shape index (κ1) is 19.4. The van der Waals surface area contributed by atoms with Crippen molar-refractivity contribution in [2.75, 3.05) is 33.7 Å². The van der Waals surface area contributed by atoms with Gasteiger partial charge in [0.15, 0.2) is 0 Å². The standard InChI is InChI=1S/C20H31N3O2/c1-16(2)23(14-17-9-6-5-7-10-17)20(25)18-13-19(24)22(15-18)12-8-11-21(3)4/h5-7,9-10,16,18H,8,11-15H2,1-4H3. The number of amides is 2. The molecule has 2 rings (SSSR count). The van der Waals surface area contributed by atoms with Gasteiger partial charge in [0.25, 0.3) is 0 Å². The highest BCUT2D eigenvalue weighted by Crippen LogP contribution is 2.22. The van der Waals surface area contributed by atoms with Crippen LogP contribution < -0.4 is 0 Å². The molecule has 5 heteroatoms. The number of hydrogen-bond donors (Lipinski definition) is 0. The van der Waals surface area contributed by atoms with Gasteiger partial charge in [-0.1, -0.05) is 30.3 Å². The lowest BCUT2D eigenvalue weighted by molar-refractivity contribution is -0.138. The first-order valence-electron chi connectivity index (χ1n) is 9.15. The third-order valence-corrected chi connectivity index (χ3v) is 4.70. The van der Waals surface area contributed by atoms with Gasteiger partial charge in [-0.2, -0.15) is 0 Å². The van der Waals surface area contributed by atoms with Gasteiger partial charge in [-0.25, -0.2) is 0 Å². The van der Waals surface area contributed by atoms with E-state index in [4.69, 9.17) is 0 Å². The Balaban J connectivity index is 1.96. The first-order chi connectivity index (χ1) is 11.9. The molecule has 0 saturated carbocycles. The fourth-order valence-corrected chi connectivity index (χ4v) is 3.26. The van der Waals surface area contributed by atoms with E-state index in [1.807, 2.05) is 68.1 Å². The van der Waals surface area contributed by atoms with Crippen LogP contribution in [-0.2, 0) is 16.1 Å². The Morgan fingerprint density at radius 3 is 2.52 bits per heavy atom. The number of nitrogens with zero attached hydrogens (tertiary/aromatic N) is 3. The van der Waals surface area contributed by atoms with E-state index in [2.05, 4.69) is 4.90 Å². The SMILES string of the molecule is CC(C)N(Cc1ccccc1)C(=O)C1CC(=O)N(CCCN(C)C)C1. The average molecular weight is 345 g/mol. The van der Waals surface area contributed by atoms with Crippen molar-refractivity contribution in [3.05, 3.63) is 35.9 Å². The van der Waals surface area contributed by atoms with Gasteiger partial charge in [-0.05, 0) is 46.5 Å². The molecule has 0 N–H and O–H groups in total. The van der Waals surface area contributed by atoms with Crippen LogP contribution in [0.1, 0.15) is 32.3 Å². The molecule has 25 heavy (non-hydrogen) atoms. The lowest BCUT2D eigenvalue weighted by Crippen LogP contribution is -2.41. The van der Waals surface area contributed by atoms with E-state index in [0.29, 0.717) is 19.5 Å². The quantitative estimate of drug-likeness (QED) is 0.726. The normalized spacial score (nSPS) is 17.6. The van der Waals surface area contributed by atoms with Gasteiger partial charge in [-0.15, -0.1) is 0 Å². The van der Waals surface area contributed by atoms with Crippen LogP contribution in [0.5, 0.6) is 0 Å². The fraction of sp³-hybridized carbons (Fsp3) is 0.600. The second-order valence-electron chi connectivity index (χ2n) is 7.44. The molecule has 1 aliphatic heterocycles. The number of benzene rings is 1. The third kappa shape index (κ3) is 5.56. The molecule has 138 valence electrons. The summed E-state index contributed by atoms with van der Waals surface area (Å²) >= 11 is 0. The minimum Gasteiger partial charge on any atom is -0.342 e. The molecule has 0 aliphatic carbocycles. The first-order valence-corrected chi connectivity index (χ1v) is 9.15. The summed E-state index contributed by atoms with van der Waals surface area (Å²) in [7, 11) is 4.06. The molecule has 1 saturated heterocycles. The van der Waals surface area contributed by atoms with E-state index in [-0.39, 0.29) is 23.8 Å². The molecule has 1 fully saturated rings. The zero-order chi connectivity index (χ0) is 18.4. The largest absolute Gasteiger partial charge is 0.342 e. The van der Waals surface area contributed by atoms with Crippen LogP contribution >= 0.6 is 0 Å². The summed E-state index contributed by atoms with van der Waals surface area (Å²) in [4.78, 5) is 31.1. The van der Waals surface area contributed by atoms with Gasteiger partial charge in [0, 0.05) is 32.1 Å². The third-order valence-electron chi connectivity index (χ3n) is 4.70. The topological polar surface area (TPSA) is 43.9 Å². The molecular formula is C20H31N3O2. The van der Waals surface area contributed by atoms with Crippen LogP contribution in [0.4, 0.5) is 0 Å². The summed E-state index contributed by atoms with van der Waals surface area (Å²) in [6.07, 6.45) is 1.29. The predicted molar refractivity (Wildman–Crippen MR) is 100.0 cm³/mol. The van der Waals surface area contributed by atoms with Crippen LogP contribution in [0.15, 0.2) is 30.3 Å². The fourth-order valence-electron chi connectivity index (χ4n) is 3.26. The van der Waals surface area contributed by atoms with Gasteiger partial charge in [0.05, 0.1) is 5.92 Å². The highest BCUT2D eigenvalue weighted by atomic mass is 16.2. The second kappa shape index (κ2) is 8.99. The van der Waals surface area contributed by atoms with E-state index >= 15 is 0 Å². The molecule has 0 radical (unpaired) electrons. The molecule has 2 amide bonds. The number of likely N-dealkylation sites (tertiary alicyclic amines) is 1. The van der Waals surface area contributed by atoms with Crippen molar-refractivity contribution < 1.29 is 9.59 Å². The van der Waals surface area contributed by atoms with Gasteiger partial charge >= 0.3 is 0 Å². The van der Waals surface area contributed by atoms with Crippen molar-refractivity contribution >= 4 is 11.8 Å². The lowest BCUT2D eigenvalue weighted by atomic mass is 10.1. The monoisotopic (exact) mass is 345 g/mol. The second-order valence-corrected chi connectivity index (χ2v) is 7.44. The summed E-state index contributed by atoms with van der Waals surface area (Å²) < 4.78 is 0. The van der Waals surface area contributed by atoms with E-state index in [0.717, 1.165) is 25.1 Å². The number of hydrogen-bond acceptors (Lipinski definition) is 3. The Morgan fingerprint density at radius 1 is 1.24 bits per heavy atom. The van der Waals surface area contributed by atoms with E-state index < -0.39 is 0 Å². The van der Waals surface area contributed by atoms with E-state index in [1.54, 1.807) is 0 Å². The van der Waals surface area contributed by atoms with Crippen molar-refractivity contribution in [1.29, 1.82) is 0 Å². The van der Waals surface area contributed by atoms with Crippen LogP contribution in [0.3, 0.4) is 0 Å². The summed E-state index contributed by atoms with van der Waals surface area (Å²) in [5, 5.41) is 0. The molecule has 1 unspecified atom stereocenters. The molecule has 1 atom stereocenters. The molecule has 0 aromatic heterocycles. The van der Waals surface area contributed by atoms with Crippen molar-refractivity contribution in [2.24, 2.45) is 5.92 Å². The van der Waals surface area contributed by atoms with Crippen LogP contribution in [-0.4, -0.2) is 66.3 Å². The van der Waals surface area contributed by atoms with E-state index in [1.165, 1.54) is 0 Å². The minimum absolute atomic E-state index is 0.0994. The summed E-state index contributed by atoms with van der Waals surface area (Å²) in [5.41, 5.74) is 1.12. The molecule has 0 spiro atoms. The van der Waals surface area contributed by atoms with Crippen molar-refractivity contribution in [3.8, 4) is 0 Å². The predicted octanol–water partition coefficient (Wildman–Crippen LogP) is 2.22. The van der Waals surface area contributed by atoms with Gasteiger partial charge in [-0.3, -0.25) is 9.59 Å². The van der Waals surface area contributed by atoms with Crippen LogP contribution in [0.25, 0.3) is 0 Å². The maximum Gasteiger partial charge on any atom is 0.228 e. The zero-order valence-corrected chi connectivity index (χ0v) is 15.9.